The summed E-state index contributed by atoms with van der Waals surface area (Å²) < 4.78 is 64.2. The highest BCUT2D eigenvalue weighted by Crippen LogP contribution is 2.35. The van der Waals surface area contributed by atoms with Crippen LogP contribution in [-0.2, 0) is 18.5 Å². The van der Waals surface area contributed by atoms with Crippen LogP contribution in [0.5, 0.6) is 0 Å². The fourth-order valence-corrected chi connectivity index (χ4v) is 1.70. The molecule has 102 valence electrons. The second-order valence-corrected chi connectivity index (χ2v) is 4.90. The molecule has 0 aliphatic rings. The van der Waals surface area contributed by atoms with Crippen LogP contribution < -0.4 is 0 Å². The topological polar surface area (TPSA) is 0 Å². The van der Waals surface area contributed by atoms with Crippen molar-refractivity contribution in [3.8, 4) is 0 Å². The molecule has 1 rings (SSSR count). The van der Waals surface area contributed by atoms with Gasteiger partial charge in [0.1, 0.15) is 0 Å². The van der Waals surface area contributed by atoms with Gasteiger partial charge in [0.25, 0.3) is 5.92 Å². The van der Waals surface area contributed by atoms with Gasteiger partial charge in [0.15, 0.2) is 0 Å². The molecule has 0 fully saturated rings. The Balaban J connectivity index is 3.29. The Morgan fingerprint density at radius 1 is 0.944 bits per heavy atom. The lowest BCUT2D eigenvalue weighted by Gasteiger charge is -2.17. The number of rotatable bonds is 3. The molecule has 0 aliphatic carbocycles. The lowest BCUT2D eigenvalue weighted by atomic mass is 9.96. The minimum absolute atomic E-state index is 0.104. The standard InChI is InChI=1S/C13H15F5/c1-8(2)4-9-5-10(12(3,14)15)7-11(6-9)13(16,17)18/h5-8H,4H2,1-3H3. The third-order valence-electron chi connectivity index (χ3n) is 2.47. The maximum atomic E-state index is 13.2. The average molecular weight is 266 g/mol. The van der Waals surface area contributed by atoms with Crippen LogP contribution in [0.2, 0.25) is 0 Å². The van der Waals surface area contributed by atoms with Gasteiger partial charge in [0, 0.05) is 12.5 Å². The molecule has 0 N–H and O–H groups in total. The zero-order chi connectivity index (χ0) is 14.1. The SMILES string of the molecule is CC(C)Cc1cc(C(C)(F)F)cc(C(F)(F)F)c1. The molecule has 0 bridgehead atoms. The van der Waals surface area contributed by atoms with Crippen molar-refractivity contribution in [2.45, 2.75) is 39.3 Å². The molecular formula is C13H15F5. The summed E-state index contributed by atoms with van der Waals surface area (Å²) in [5.74, 6) is -3.17. The van der Waals surface area contributed by atoms with Crippen LogP contribution in [0, 0.1) is 5.92 Å². The summed E-state index contributed by atoms with van der Waals surface area (Å²) in [5, 5.41) is 0. The predicted molar refractivity (Wildman–Crippen MR) is 59.6 cm³/mol. The number of benzene rings is 1. The highest BCUT2D eigenvalue weighted by molar-refractivity contribution is 5.34. The summed E-state index contributed by atoms with van der Waals surface area (Å²) in [5.41, 5.74) is -1.32. The van der Waals surface area contributed by atoms with Crippen molar-refractivity contribution in [1.29, 1.82) is 0 Å². The second-order valence-electron chi connectivity index (χ2n) is 4.90. The van der Waals surface area contributed by atoms with Crippen LogP contribution in [0.1, 0.15) is 37.5 Å². The number of halogens is 5. The smallest absolute Gasteiger partial charge is 0.202 e. The van der Waals surface area contributed by atoms with Crippen molar-refractivity contribution in [2.24, 2.45) is 5.92 Å². The summed E-state index contributed by atoms with van der Waals surface area (Å²) >= 11 is 0. The van der Waals surface area contributed by atoms with Crippen LogP contribution in [0.4, 0.5) is 22.0 Å². The summed E-state index contributed by atoms with van der Waals surface area (Å²) in [4.78, 5) is 0. The Morgan fingerprint density at radius 3 is 1.83 bits per heavy atom. The van der Waals surface area contributed by atoms with Crippen molar-refractivity contribution in [3.63, 3.8) is 0 Å². The van der Waals surface area contributed by atoms with Crippen LogP contribution in [0.25, 0.3) is 0 Å². The van der Waals surface area contributed by atoms with E-state index in [2.05, 4.69) is 0 Å². The van der Waals surface area contributed by atoms with Gasteiger partial charge in [-0.05, 0) is 36.1 Å². The molecule has 0 heterocycles. The highest BCUT2D eigenvalue weighted by atomic mass is 19.4. The van der Waals surface area contributed by atoms with Crippen LogP contribution in [0.3, 0.4) is 0 Å². The normalized spacial score (nSPS) is 13.2. The lowest BCUT2D eigenvalue weighted by molar-refractivity contribution is -0.137. The number of hydrogen-bond donors (Lipinski definition) is 0. The molecule has 0 saturated heterocycles. The number of alkyl halides is 5. The molecule has 1 aromatic carbocycles. The van der Waals surface area contributed by atoms with Gasteiger partial charge < -0.3 is 0 Å². The number of hydrogen-bond acceptors (Lipinski definition) is 0. The first kappa shape index (κ1) is 14.9. The van der Waals surface area contributed by atoms with Crippen molar-refractivity contribution >= 4 is 0 Å². The maximum Gasteiger partial charge on any atom is 0.416 e. The van der Waals surface area contributed by atoms with Crippen molar-refractivity contribution in [3.05, 3.63) is 34.9 Å². The van der Waals surface area contributed by atoms with E-state index in [1.165, 1.54) is 0 Å². The fraction of sp³-hybridized carbons (Fsp3) is 0.538. The van der Waals surface area contributed by atoms with Crippen LogP contribution in [0.15, 0.2) is 18.2 Å². The molecule has 0 aliphatic heterocycles. The van der Waals surface area contributed by atoms with E-state index < -0.39 is 23.2 Å². The van der Waals surface area contributed by atoms with Gasteiger partial charge in [-0.1, -0.05) is 13.8 Å². The molecule has 0 atom stereocenters. The van der Waals surface area contributed by atoms with E-state index in [1.54, 1.807) is 0 Å². The summed E-state index contributed by atoms with van der Waals surface area (Å²) in [6.45, 7) is 4.25. The van der Waals surface area contributed by atoms with E-state index in [9.17, 15) is 22.0 Å². The minimum atomic E-state index is -4.60. The van der Waals surface area contributed by atoms with Gasteiger partial charge in [-0.15, -0.1) is 0 Å². The largest absolute Gasteiger partial charge is 0.416 e. The van der Waals surface area contributed by atoms with Gasteiger partial charge >= 0.3 is 6.18 Å². The molecule has 5 heteroatoms. The Morgan fingerprint density at radius 2 is 1.44 bits per heavy atom. The first-order chi connectivity index (χ1) is 8.00. The Kier molecular flexibility index (Phi) is 4.03. The lowest BCUT2D eigenvalue weighted by Crippen LogP contribution is -2.13. The van der Waals surface area contributed by atoms with Gasteiger partial charge in [0.05, 0.1) is 5.56 Å². The molecule has 1 aromatic rings. The minimum Gasteiger partial charge on any atom is -0.202 e. The molecule has 0 saturated carbocycles. The Bertz CT molecular complexity index is 380. The van der Waals surface area contributed by atoms with Crippen molar-refractivity contribution in [1.82, 2.24) is 0 Å². The van der Waals surface area contributed by atoms with Crippen molar-refractivity contribution < 1.29 is 22.0 Å². The van der Waals surface area contributed by atoms with E-state index in [1.807, 2.05) is 13.8 Å². The molecule has 0 unspecified atom stereocenters. The Hall–Kier alpha value is -1.13. The average Bonchev–Trinajstić information content (AvgIpc) is 2.13. The first-order valence-electron chi connectivity index (χ1n) is 5.59. The Labute approximate surface area is 103 Å². The van der Waals surface area contributed by atoms with E-state index in [4.69, 9.17) is 0 Å². The van der Waals surface area contributed by atoms with Crippen LogP contribution in [-0.4, -0.2) is 0 Å². The van der Waals surface area contributed by atoms with Crippen molar-refractivity contribution in [2.75, 3.05) is 0 Å². The van der Waals surface area contributed by atoms with Gasteiger partial charge in [-0.2, -0.15) is 13.2 Å². The summed E-state index contributed by atoms with van der Waals surface area (Å²) in [6, 6.07) is 2.61. The molecule has 0 spiro atoms. The third-order valence-corrected chi connectivity index (χ3v) is 2.47. The maximum absolute atomic E-state index is 13.2. The zero-order valence-corrected chi connectivity index (χ0v) is 10.4. The molecule has 18 heavy (non-hydrogen) atoms. The molecule has 0 nitrogen and oxygen atoms in total. The summed E-state index contributed by atoms with van der Waals surface area (Å²) in [7, 11) is 0. The summed E-state index contributed by atoms with van der Waals surface area (Å²) in [6.07, 6.45) is -4.26. The van der Waals surface area contributed by atoms with E-state index >= 15 is 0 Å². The monoisotopic (exact) mass is 266 g/mol. The van der Waals surface area contributed by atoms with Gasteiger partial charge in [-0.3, -0.25) is 0 Å². The molecule has 0 aromatic heterocycles. The van der Waals surface area contributed by atoms with E-state index in [0.29, 0.717) is 19.4 Å². The highest BCUT2D eigenvalue weighted by Gasteiger charge is 2.34. The predicted octanol–water partition coefficient (Wildman–Crippen LogP) is 5.02. The van der Waals surface area contributed by atoms with Gasteiger partial charge in [0.2, 0.25) is 0 Å². The third kappa shape index (κ3) is 3.96. The zero-order valence-electron chi connectivity index (χ0n) is 10.4. The fourth-order valence-electron chi connectivity index (χ4n) is 1.70. The van der Waals surface area contributed by atoms with Crippen LogP contribution >= 0.6 is 0 Å². The molecular weight excluding hydrogens is 251 g/mol. The van der Waals surface area contributed by atoms with E-state index in [-0.39, 0.29) is 11.5 Å². The van der Waals surface area contributed by atoms with E-state index in [0.717, 1.165) is 12.1 Å². The molecule has 0 amide bonds. The van der Waals surface area contributed by atoms with Gasteiger partial charge in [-0.25, -0.2) is 8.78 Å². The first-order valence-corrected chi connectivity index (χ1v) is 5.59. The molecule has 0 radical (unpaired) electrons. The quantitative estimate of drug-likeness (QED) is 0.674. The second kappa shape index (κ2) is 4.86.